The molecule has 0 spiro atoms. The van der Waals surface area contributed by atoms with Crippen LogP contribution < -0.4 is 0 Å². The molecule has 308 valence electrons. The summed E-state index contributed by atoms with van der Waals surface area (Å²) in [5, 5.41) is 25.8. The fraction of sp³-hybridized carbons (Fsp3) is 0.200. The average Bonchev–Trinajstić information content (AvgIpc) is 3.56. The number of hydrogen-bond donors (Lipinski definition) is 2. The molecular formula is C55H59N3O2Zr+2. The largest absolute Gasteiger partial charge is 4.00 e. The van der Waals surface area contributed by atoms with Crippen LogP contribution in [0.3, 0.4) is 0 Å². The second-order valence-corrected chi connectivity index (χ2v) is 16.0. The fourth-order valence-corrected chi connectivity index (χ4v) is 7.87. The predicted octanol–water partition coefficient (Wildman–Crippen LogP) is 12.4. The molecule has 7 aromatic carbocycles. The van der Waals surface area contributed by atoms with Crippen molar-refractivity contribution in [3.8, 4) is 28.3 Å². The molecule has 1 aromatic heterocycles. The van der Waals surface area contributed by atoms with Crippen LogP contribution in [0.4, 0.5) is 0 Å². The Morgan fingerprint density at radius 3 is 1.52 bits per heavy atom. The first kappa shape index (κ1) is 46.5. The molecule has 0 amide bonds. The molecule has 1 heterocycles. The third kappa shape index (κ3) is 11.9. The topological polar surface area (TPSA) is 51.9 Å². The summed E-state index contributed by atoms with van der Waals surface area (Å²) >= 11 is 0. The molecule has 8 aromatic rings. The molecule has 6 heteroatoms. The van der Waals surface area contributed by atoms with Gasteiger partial charge in [0.05, 0.1) is 16.7 Å². The third-order valence-electron chi connectivity index (χ3n) is 10.9. The Bertz CT molecular complexity index is 2540. The van der Waals surface area contributed by atoms with Gasteiger partial charge < -0.3 is 19.7 Å². The van der Waals surface area contributed by atoms with Gasteiger partial charge >= 0.3 is 26.2 Å². The van der Waals surface area contributed by atoms with Crippen molar-refractivity contribution in [1.29, 1.82) is 0 Å². The van der Waals surface area contributed by atoms with E-state index in [9.17, 15) is 10.2 Å². The first-order valence-corrected chi connectivity index (χ1v) is 20.7. The van der Waals surface area contributed by atoms with Crippen LogP contribution in [0.5, 0.6) is 11.5 Å². The van der Waals surface area contributed by atoms with Crippen LogP contribution in [0.2, 0.25) is 0 Å². The van der Waals surface area contributed by atoms with Crippen LogP contribution in [0, 0.1) is 41.5 Å². The van der Waals surface area contributed by atoms with Crippen molar-refractivity contribution in [3.63, 3.8) is 0 Å². The number of nitrogens with zero attached hydrogens (tertiary/aromatic N) is 3. The van der Waals surface area contributed by atoms with Gasteiger partial charge in [-0.1, -0.05) is 78.9 Å². The van der Waals surface area contributed by atoms with E-state index in [1.54, 1.807) is 0 Å². The first-order valence-electron chi connectivity index (χ1n) is 20.7. The van der Waals surface area contributed by atoms with Gasteiger partial charge in [0.1, 0.15) is 11.5 Å². The summed E-state index contributed by atoms with van der Waals surface area (Å²) in [6, 6.07) is 51.2. The molecule has 0 saturated heterocycles. The van der Waals surface area contributed by atoms with E-state index in [1.807, 2.05) is 60.7 Å². The summed E-state index contributed by atoms with van der Waals surface area (Å²) in [6.07, 6.45) is 0.682. The number of phenolic OH excluding ortho intramolecular Hbond substituents is 2. The molecule has 0 unspecified atom stereocenters. The Morgan fingerprint density at radius 2 is 1.02 bits per heavy atom. The minimum atomic E-state index is 0. The van der Waals surface area contributed by atoms with Crippen LogP contribution in [-0.2, 0) is 39.2 Å². The molecule has 5 nitrogen and oxygen atoms in total. The molecule has 0 aliphatic heterocycles. The molecule has 0 aliphatic carbocycles. The van der Waals surface area contributed by atoms with E-state index in [1.165, 1.54) is 10.8 Å². The Kier molecular flexibility index (Phi) is 16.7. The number of aromatic nitrogens is 1. The van der Waals surface area contributed by atoms with E-state index in [-0.39, 0.29) is 26.2 Å². The van der Waals surface area contributed by atoms with Gasteiger partial charge in [-0.05, 0) is 106 Å². The quantitative estimate of drug-likeness (QED) is 0.134. The van der Waals surface area contributed by atoms with E-state index in [0.717, 1.165) is 92.0 Å². The van der Waals surface area contributed by atoms with Crippen molar-refractivity contribution in [2.75, 3.05) is 33.7 Å². The maximum Gasteiger partial charge on any atom is 4.00 e. The van der Waals surface area contributed by atoms with E-state index >= 15 is 0 Å². The predicted molar refractivity (Wildman–Crippen MR) is 254 cm³/mol. The van der Waals surface area contributed by atoms with E-state index < -0.39 is 0 Å². The number of aryl methyl sites for hydroxylation is 4. The molecule has 0 bridgehead atoms. The van der Waals surface area contributed by atoms with Gasteiger partial charge in [0.25, 0.3) is 0 Å². The van der Waals surface area contributed by atoms with Crippen molar-refractivity contribution < 1.29 is 36.4 Å². The molecule has 61 heavy (non-hydrogen) atoms. The summed E-state index contributed by atoms with van der Waals surface area (Å²) in [7, 11) is 4.18. The number of hydrogen-bond acceptors (Lipinski definition) is 4. The second kappa shape index (κ2) is 21.8. The summed E-state index contributed by atoms with van der Waals surface area (Å²) in [5.41, 5.74) is 13.5. The van der Waals surface area contributed by atoms with E-state index in [4.69, 9.17) is 0 Å². The number of rotatable bonds is 10. The van der Waals surface area contributed by atoms with Gasteiger partial charge in [0.2, 0.25) is 0 Å². The minimum absolute atomic E-state index is 0. The van der Waals surface area contributed by atoms with Crippen molar-refractivity contribution in [2.24, 2.45) is 0 Å². The number of benzene rings is 7. The smallest absolute Gasteiger partial charge is 0.507 e. The zero-order chi connectivity index (χ0) is 42.8. The molecule has 0 radical (unpaired) electrons. The fourth-order valence-electron chi connectivity index (χ4n) is 7.87. The van der Waals surface area contributed by atoms with Crippen LogP contribution >= 0.6 is 0 Å². The number of phenols is 2. The van der Waals surface area contributed by atoms with E-state index in [0.29, 0.717) is 24.5 Å². The van der Waals surface area contributed by atoms with Gasteiger partial charge in [-0.2, -0.15) is 49.2 Å². The minimum Gasteiger partial charge on any atom is -0.507 e. The number of aromatic hydroxyl groups is 2. The SMILES string of the molecule is Cc1cc(CN(CCc2cc(C)cc(-n3c4ccccc4c4ccccc43)c2O)CCN(C)C)c(O)c(-c2c(C)cccc2C)c1.[CH2-]c1ccccc1.[CH2-]c1ccccc1.[Zr+4]. The Balaban J connectivity index is 0.000000396. The van der Waals surface area contributed by atoms with Gasteiger partial charge in [0.15, 0.2) is 0 Å². The van der Waals surface area contributed by atoms with Gasteiger partial charge in [0, 0.05) is 48.1 Å². The normalized spacial score (nSPS) is 10.9. The Hall–Kier alpha value is -5.52. The van der Waals surface area contributed by atoms with Gasteiger partial charge in [-0.15, -0.1) is 24.3 Å². The number of likely N-dealkylation sites (N-methyl/N-ethyl adjacent to an activating group) is 1. The summed E-state index contributed by atoms with van der Waals surface area (Å²) in [6.45, 7) is 18.9. The molecule has 2 N–H and O–H groups in total. The van der Waals surface area contributed by atoms with Gasteiger partial charge in [-0.25, -0.2) is 0 Å². The van der Waals surface area contributed by atoms with Crippen molar-refractivity contribution in [1.82, 2.24) is 14.4 Å². The molecule has 0 fully saturated rings. The molecular weight excluding hydrogens is 826 g/mol. The maximum absolute atomic E-state index is 11.8. The zero-order valence-electron chi connectivity index (χ0n) is 36.6. The van der Waals surface area contributed by atoms with Gasteiger partial charge in [-0.3, -0.25) is 4.90 Å². The maximum atomic E-state index is 11.8. The van der Waals surface area contributed by atoms with Crippen LogP contribution in [0.15, 0.2) is 152 Å². The second-order valence-electron chi connectivity index (χ2n) is 16.0. The van der Waals surface area contributed by atoms with Crippen molar-refractivity contribution in [3.05, 3.63) is 210 Å². The first-order chi connectivity index (χ1) is 28.9. The molecule has 8 rings (SSSR count). The summed E-state index contributed by atoms with van der Waals surface area (Å²) in [5.74, 6) is 0.672. The molecule has 0 saturated carbocycles. The summed E-state index contributed by atoms with van der Waals surface area (Å²) < 4.78 is 2.19. The Morgan fingerprint density at radius 1 is 0.525 bits per heavy atom. The van der Waals surface area contributed by atoms with Crippen molar-refractivity contribution >= 4 is 21.8 Å². The van der Waals surface area contributed by atoms with Crippen LogP contribution in [-0.4, -0.2) is 58.3 Å². The van der Waals surface area contributed by atoms with Crippen molar-refractivity contribution in [2.45, 2.75) is 40.7 Å². The van der Waals surface area contributed by atoms with Crippen LogP contribution in [0.25, 0.3) is 38.6 Å². The van der Waals surface area contributed by atoms with E-state index in [2.05, 4.69) is 161 Å². The Labute approximate surface area is 383 Å². The molecule has 0 aliphatic rings. The third-order valence-corrected chi connectivity index (χ3v) is 10.9. The molecule has 0 atom stereocenters. The standard InChI is InChI=1S/C41H45N3O2.2C7H7.Zr/c1-27-23-32(40(45)35(24-27)39-29(3)12-11-13-30(39)4)26-43(21-20-42(5)6)19-18-31-22-28(2)25-38(41(31)46)44-36-16-9-7-14-33(36)34-15-8-10-17-37(34)44;2*1-7-5-3-2-4-6-7;/h7-17,22-25,45-46H,18-21,26H2,1-6H3;2*2-6H,1H2;/q;2*-1;+4. The number of para-hydroxylation sites is 2. The number of fused-ring (bicyclic) bond motifs is 3. The average molecular weight is 885 g/mol. The zero-order valence-corrected chi connectivity index (χ0v) is 39.1. The summed E-state index contributed by atoms with van der Waals surface area (Å²) in [4.78, 5) is 4.58. The van der Waals surface area contributed by atoms with Crippen LogP contribution in [0.1, 0.15) is 44.5 Å². The monoisotopic (exact) mass is 883 g/mol.